The number of methoxy groups -OCH3 is 1. The first-order valence-corrected chi connectivity index (χ1v) is 12.4. The highest BCUT2D eigenvalue weighted by atomic mass is 16.6. The van der Waals surface area contributed by atoms with Crippen molar-refractivity contribution in [2.75, 3.05) is 46.2 Å². The molecule has 36 heavy (non-hydrogen) atoms. The van der Waals surface area contributed by atoms with E-state index in [9.17, 15) is 9.59 Å². The number of ether oxygens (including phenoxy) is 2. The molecule has 1 fully saturated rings. The van der Waals surface area contributed by atoms with Gasteiger partial charge in [0, 0.05) is 32.9 Å². The highest BCUT2D eigenvalue weighted by Gasteiger charge is 2.44. The summed E-state index contributed by atoms with van der Waals surface area (Å²) < 4.78 is 10.6. The van der Waals surface area contributed by atoms with Crippen molar-refractivity contribution in [2.24, 2.45) is 0 Å². The zero-order chi connectivity index (χ0) is 26.5. The van der Waals surface area contributed by atoms with Gasteiger partial charge in [0.15, 0.2) is 0 Å². The summed E-state index contributed by atoms with van der Waals surface area (Å²) in [6.45, 7) is 6.43. The fourth-order valence-electron chi connectivity index (χ4n) is 4.46. The molecule has 0 spiro atoms. The van der Waals surface area contributed by atoms with Gasteiger partial charge in [-0.15, -0.1) is 0 Å². The Kier molecular flexibility index (Phi) is 8.84. The molecule has 0 saturated carbocycles. The van der Waals surface area contributed by atoms with Gasteiger partial charge in [-0.05, 0) is 76.1 Å². The number of benzene rings is 2. The van der Waals surface area contributed by atoms with Gasteiger partial charge >= 0.3 is 6.09 Å². The quantitative estimate of drug-likeness (QED) is 0.564. The highest BCUT2D eigenvalue weighted by molar-refractivity contribution is 5.84. The van der Waals surface area contributed by atoms with Crippen LogP contribution in [0, 0.1) is 0 Å². The summed E-state index contributed by atoms with van der Waals surface area (Å²) in [6.07, 6.45) is 0.583. The van der Waals surface area contributed by atoms with Crippen LogP contribution in [-0.2, 0) is 16.0 Å². The number of rotatable bonds is 9. The van der Waals surface area contributed by atoms with Crippen LogP contribution in [-0.4, -0.2) is 74.8 Å². The third-order valence-corrected chi connectivity index (χ3v) is 6.33. The lowest BCUT2D eigenvalue weighted by molar-refractivity contribution is -0.130. The number of amides is 2. The Morgan fingerprint density at radius 1 is 1.06 bits per heavy atom. The van der Waals surface area contributed by atoms with Crippen LogP contribution in [0.5, 0.6) is 5.75 Å². The van der Waals surface area contributed by atoms with E-state index in [1.165, 1.54) is 0 Å². The molecular weight excluding hydrogens is 456 g/mol. The van der Waals surface area contributed by atoms with Crippen LogP contribution >= 0.6 is 0 Å². The minimum atomic E-state index is -0.563. The molecule has 1 unspecified atom stereocenters. The fourth-order valence-corrected chi connectivity index (χ4v) is 4.46. The Morgan fingerprint density at radius 2 is 1.69 bits per heavy atom. The van der Waals surface area contributed by atoms with Gasteiger partial charge in [-0.1, -0.05) is 24.3 Å². The number of carbonyl (C=O) groups excluding carboxylic acids is 2. The van der Waals surface area contributed by atoms with E-state index in [-0.39, 0.29) is 18.1 Å². The number of hydrogen-bond donors (Lipinski definition) is 1. The molecule has 1 saturated heterocycles. The van der Waals surface area contributed by atoms with E-state index in [1.807, 2.05) is 71.1 Å². The second-order valence-corrected chi connectivity index (χ2v) is 10.4. The predicted molar refractivity (Wildman–Crippen MR) is 142 cm³/mol. The minimum Gasteiger partial charge on any atom is -0.497 e. The SMILES string of the molecule is COc1ccc(CCN2C(=O)[C@H](CCNC(=O)OC(C)(C)C)N(C)C2c2ccc(N(C)C)cc2)cc1. The van der Waals surface area contributed by atoms with Gasteiger partial charge in [0.25, 0.3) is 0 Å². The van der Waals surface area contributed by atoms with Crippen molar-refractivity contribution in [3.63, 3.8) is 0 Å². The molecule has 8 nitrogen and oxygen atoms in total. The molecule has 3 rings (SSSR count). The van der Waals surface area contributed by atoms with Crippen molar-refractivity contribution >= 4 is 17.7 Å². The third kappa shape index (κ3) is 6.91. The molecule has 1 aliphatic heterocycles. The van der Waals surface area contributed by atoms with Crippen molar-refractivity contribution in [2.45, 2.75) is 51.4 Å². The molecule has 2 atom stereocenters. The highest BCUT2D eigenvalue weighted by Crippen LogP contribution is 2.35. The Labute approximate surface area is 215 Å². The third-order valence-electron chi connectivity index (χ3n) is 6.33. The predicted octanol–water partition coefficient (Wildman–Crippen LogP) is 4.06. The maximum atomic E-state index is 13.6. The van der Waals surface area contributed by atoms with Crippen molar-refractivity contribution in [1.29, 1.82) is 0 Å². The molecule has 2 aromatic carbocycles. The summed E-state index contributed by atoms with van der Waals surface area (Å²) in [5.74, 6) is 0.880. The smallest absolute Gasteiger partial charge is 0.407 e. The average molecular weight is 497 g/mol. The van der Waals surface area contributed by atoms with E-state index in [0.717, 1.165) is 29.0 Å². The number of nitrogens with one attached hydrogen (secondary N) is 1. The molecule has 0 aromatic heterocycles. The Balaban J connectivity index is 1.75. The first kappa shape index (κ1) is 27.3. The molecule has 1 heterocycles. The number of nitrogens with zero attached hydrogens (tertiary/aromatic N) is 3. The molecule has 1 aliphatic rings. The molecular formula is C28H40N4O4. The van der Waals surface area contributed by atoms with E-state index in [0.29, 0.717) is 19.5 Å². The Bertz CT molecular complexity index is 1020. The summed E-state index contributed by atoms with van der Waals surface area (Å²) in [5.41, 5.74) is 2.75. The van der Waals surface area contributed by atoms with Crippen molar-refractivity contribution in [3.8, 4) is 5.75 Å². The maximum absolute atomic E-state index is 13.6. The first-order valence-electron chi connectivity index (χ1n) is 12.4. The first-order chi connectivity index (χ1) is 17.0. The average Bonchev–Trinajstić information content (AvgIpc) is 3.06. The monoisotopic (exact) mass is 496 g/mol. The zero-order valence-corrected chi connectivity index (χ0v) is 22.6. The number of anilines is 1. The van der Waals surface area contributed by atoms with Gasteiger partial charge in [0.1, 0.15) is 17.5 Å². The minimum absolute atomic E-state index is 0.0682. The van der Waals surface area contributed by atoms with E-state index in [2.05, 4.69) is 39.4 Å². The van der Waals surface area contributed by atoms with Crippen LogP contribution in [0.15, 0.2) is 48.5 Å². The maximum Gasteiger partial charge on any atom is 0.407 e. The molecule has 0 aliphatic carbocycles. The number of likely N-dealkylation sites (N-methyl/N-ethyl adjacent to an activating group) is 1. The number of alkyl carbamates (subject to hydrolysis) is 1. The largest absolute Gasteiger partial charge is 0.497 e. The summed E-state index contributed by atoms with van der Waals surface area (Å²) in [4.78, 5) is 31.8. The summed E-state index contributed by atoms with van der Waals surface area (Å²) in [5, 5.41) is 2.79. The molecule has 2 amide bonds. The lowest BCUT2D eigenvalue weighted by Gasteiger charge is -2.29. The van der Waals surface area contributed by atoms with Crippen LogP contribution in [0.25, 0.3) is 0 Å². The van der Waals surface area contributed by atoms with Gasteiger partial charge in [-0.2, -0.15) is 0 Å². The molecule has 196 valence electrons. The van der Waals surface area contributed by atoms with Crippen molar-refractivity contribution in [3.05, 3.63) is 59.7 Å². The molecule has 0 radical (unpaired) electrons. The van der Waals surface area contributed by atoms with Crippen LogP contribution in [0.1, 0.15) is 44.5 Å². The summed E-state index contributed by atoms with van der Waals surface area (Å²) in [7, 11) is 7.65. The van der Waals surface area contributed by atoms with Gasteiger partial charge < -0.3 is 24.6 Å². The number of hydrogen-bond acceptors (Lipinski definition) is 6. The van der Waals surface area contributed by atoms with Gasteiger partial charge in [0.05, 0.1) is 13.2 Å². The second kappa shape index (κ2) is 11.6. The normalized spacial score (nSPS) is 18.3. The molecule has 2 aromatic rings. The van der Waals surface area contributed by atoms with Crippen LogP contribution < -0.4 is 15.0 Å². The number of carbonyl (C=O) groups is 2. The van der Waals surface area contributed by atoms with Crippen molar-refractivity contribution < 1.29 is 19.1 Å². The van der Waals surface area contributed by atoms with Crippen LogP contribution in [0.2, 0.25) is 0 Å². The van der Waals surface area contributed by atoms with Crippen LogP contribution in [0.3, 0.4) is 0 Å². The van der Waals surface area contributed by atoms with Crippen molar-refractivity contribution in [1.82, 2.24) is 15.1 Å². The van der Waals surface area contributed by atoms with E-state index in [1.54, 1.807) is 7.11 Å². The second-order valence-electron chi connectivity index (χ2n) is 10.4. The van der Waals surface area contributed by atoms with E-state index < -0.39 is 11.7 Å². The fraction of sp³-hybridized carbons (Fsp3) is 0.500. The molecule has 0 bridgehead atoms. The summed E-state index contributed by atoms with van der Waals surface area (Å²) >= 11 is 0. The molecule has 8 heteroatoms. The van der Waals surface area contributed by atoms with Crippen LogP contribution in [0.4, 0.5) is 10.5 Å². The summed E-state index contributed by atoms with van der Waals surface area (Å²) in [6, 6.07) is 15.9. The van der Waals surface area contributed by atoms with E-state index >= 15 is 0 Å². The zero-order valence-electron chi connectivity index (χ0n) is 22.6. The van der Waals surface area contributed by atoms with Gasteiger partial charge in [0.2, 0.25) is 5.91 Å². The topological polar surface area (TPSA) is 74.3 Å². The van der Waals surface area contributed by atoms with E-state index in [4.69, 9.17) is 9.47 Å². The Hall–Kier alpha value is -3.26. The Morgan fingerprint density at radius 3 is 2.25 bits per heavy atom. The van der Waals surface area contributed by atoms with Gasteiger partial charge in [-0.25, -0.2) is 4.79 Å². The standard InChI is InChI=1S/C28H40N4O4/c1-28(2,3)36-27(34)29-18-16-24-26(33)32(19-17-20-8-14-23(35-7)15-9-20)25(31(24)6)21-10-12-22(13-11-21)30(4)5/h8-15,24-25H,16-19H2,1-7H3,(H,29,34)/t24-,25?/m0/s1. The van der Waals surface area contributed by atoms with Gasteiger partial charge in [-0.3, -0.25) is 9.69 Å². The lowest BCUT2D eigenvalue weighted by Crippen LogP contribution is -2.38. The molecule has 1 N–H and O–H groups in total. The lowest BCUT2D eigenvalue weighted by atomic mass is 10.1.